The number of ketones is 1. The highest BCUT2D eigenvalue weighted by atomic mass is 16.2. The number of amides is 1. The summed E-state index contributed by atoms with van der Waals surface area (Å²) in [6, 6.07) is 17.0. The zero-order chi connectivity index (χ0) is 16.9. The van der Waals surface area contributed by atoms with Gasteiger partial charge in [0, 0.05) is 18.5 Å². The molecule has 0 saturated carbocycles. The van der Waals surface area contributed by atoms with Gasteiger partial charge in [-0.15, -0.1) is 6.58 Å². The van der Waals surface area contributed by atoms with Crippen molar-refractivity contribution in [3.8, 4) is 0 Å². The van der Waals surface area contributed by atoms with Crippen LogP contribution in [0.1, 0.15) is 33.9 Å². The van der Waals surface area contributed by atoms with Gasteiger partial charge in [0.25, 0.3) is 5.91 Å². The van der Waals surface area contributed by atoms with Gasteiger partial charge in [0.2, 0.25) is 0 Å². The van der Waals surface area contributed by atoms with Crippen LogP contribution in [0, 0.1) is 0 Å². The van der Waals surface area contributed by atoms with E-state index in [0.717, 1.165) is 11.1 Å². The van der Waals surface area contributed by atoms with Crippen LogP contribution < -0.4 is 0 Å². The second-order valence-electron chi connectivity index (χ2n) is 5.76. The summed E-state index contributed by atoms with van der Waals surface area (Å²) in [5.41, 5.74) is 2.59. The van der Waals surface area contributed by atoms with Crippen LogP contribution >= 0.6 is 0 Å². The average Bonchev–Trinajstić information content (AvgIpc) is 2.87. The molecule has 2 aromatic rings. The smallest absolute Gasteiger partial charge is 0.255 e. The minimum Gasteiger partial charge on any atom is -0.327 e. The van der Waals surface area contributed by atoms with Gasteiger partial charge in [-0.25, -0.2) is 0 Å². The fraction of sp³-hybridized carbons (Fsp3) is 0.143. The molecule has 1 heterocycles. The first-order chi connectivity index (χ1) is 11.7. The molecule has 0 radical (unpaired) electrons. The predicted octanol–water partition coefficient (Wildman–Crippen LogP) is 4.04. The summed E-state index contributed by atoms with van der Waals surface area (Å²) < 4.78 is 0. The van der Waals surface area contributed by atoms with Gasteiger partial charge in [-0.05, 0) is 23.3 Å². The zero-order valence-corrected chi connectivity index (χ0v) is 13.4. The molecule has 0 N–H and O–H groups in total. The highest BCUT2D eigenvalue weighted by Gasteiger charge is 2.36. The fourth-order valence-electron chi connectivity index (χ4n) is 3.03. The van der Waals surface area contributed by atoms with Gasteiger partial charge in [-0.1, -0.05) is 60.7 Å². The van der Waals surface area contributed by atoms with Crippen LogP contribution in [0.15, 0.2) is 73.3 Å². The summed E-state index contributed by atoms with van der Waals surface area (Å²) in [7, 11) is 0. The van der Waals surface area contributed by atoms with Gasteiger partial charge in [-0.3, -0.25) is 9.59 Å². The normalized spacial score (nSPS) is 16.4. The van der Waals surface area contributed by atoms with E-state index in [-0.39, 0.29) is 24.2 Å². The van der Waals surface area contributed by atoms with Gasteiger partial charge in [-0.2, -0.15) is 0 Å². The first kappa shape index (κ1) is 15.9. The van der Waals surface area contributed by atoms with E-state index in [2.05, 4.69) is 6.58 Å². The standard InChI is InChI=1S/C21H19NO2/c1-2-14-22-20(18-10-6-7-11-19(18)21(22)24)15-17(23)13-12-16-8-4-3-5-9-16/h2-13,20H,1,14-15H2/b13-12+. The lowest BCUT2D eigenvalue weighted by Crippen LogP contribution is -2.29. The average molecular weight is 317 g/mol. The van der Waals surface area contributed by atoms with Crippen LogP contribution in [0.2, 0.25) is 0 Å². The molecular weight excluding hydrogens is 298 g/mol. The Morgan fingerprint density at radius 1 is 1.08 bits per heavy atom. The maximum Gasteiger partial charge on any atom is 0.255 e. The van der Waals surface area contributed by atoms with Crippen molar-refractivity contribution >= 4 is 17.8 Å². The summed E-state index contributed by atoms with van der Waals surface area (Å²) in [6.07, 6.45) is 5.37. The SMILES string of the molecule is C=CCN1C(=O)c2ccccc2C1CC(=O)/C=C/c1ccccc1. The molecule has 120 valence electrons. The van der Waals surface area contributed by atoms with Crippen molar-refractivity contribution in [3.63, 3.8) is 0 Å². The number of carbonyl (C=O) groups is 2. The first-order valence-corrected chi connectivity index (χ1v) is 7.97. The van der Waals surface area contributed by atoms with Gasteiger partial charge < -0.3 is 4.90 Å². The maximum atomic E-state index is 12.5. The molecule has 3 nitrogen and oxygen atoms in total. The minimum atomic E-state index is -0.223. The Morgan fingerprint density at radius 2 is 1.79 bits per heavy atom. The molecule has 2 aromatic carbocycles. The molecule has 1 aliphatic heterocycles. The number of fused-ring (bicyclic) bond motifs is 1. The Labute approximate surface area is 141 Å². The number of carbonyl (C=O) groups excluding carboxylic acids is 2. The molecule has 1 atom stereocenters. The Hall–Kier alpha value is -2.94. The third kappa shape index (κ3) is 3.20. The summed E-state index contributed by atoms with van der Waals surface area (Å²) in [5, 5.41) is 0. The topological polar surface area (TPSA) is 37.4 Å². The lowest BCUT2D eigenvalue weighted by Gasteiger charge is -2.23. The first-order valence-electron chi connectivity index (χ1n) is 7.97. The van der Waals surface area contributed by atoms with Crippen LogP contribution in [0.25, 0.3) is 6.08 Å². The van der Waals surface area contributed by atoms with Crippen LogP contribution in [0.4, 0.5) is 0 Å². The van der Waals surface area contributed by atoms with Crippen molar-refractivity contribution in [2.24, 2.45) is 0 Å². The lowest BCUT2D eigenvalue weighted by molar-refractivity contribution is -0.115. The summed E-state index contributed by atoms with van der Waals surface area (Å²) in [5.74, 6) is -0.0299. The second-order valence-corrected chi connectivity index (χ2v) is 5.76. The van der Waals surface area contributed by atoms with E-state index in [1.165, 1.54) is 0 Å². The van der Waals surface area contributed by atoms with Crippen molar-refractivity contribution in [2.75, 3.05) is 6.54 Å². The molecule has 24 heavy (non-hydrogen) atoms. The third-order valence-corrected chi connectivity index (χ3v) is 4.17. The molecule has 3 heteroatoms. The Bertz CT molecular complexity index is 792. The van der Waals surface area contributed by atoms with Gasteiger partial charge >= 0.3 is 0 Å². The number of hydrogen-bond donors (Lipinski definition) is 0. The van der Waals surface area contributed by atoms with Gasteiger partial charge in [0.1, 0.15) is 0 Å². The van der Waals surface area contributed by atoms with E-state index >= 15 is 0 Å². The van der Waals surface area contributed by atoms with E-state index < -0.39 is 0 Å². The highest BCUT2D eigenvalue weighted by Crippen LogP contribution is 2.35. The van der Waals surface area contributed by atoms with Crippen molar-refractivity contribution in [1.82, 2.24) is 4.90 Å². The molecule has 0 aromatic heterocycles. The van der Waals surface area contributed by atoms with Crippen LogP contribution in [-0.4, -0.2) is 23.1 Å². The molecule has 3 rings (SSSR count). The van der Waals surface area contributed by atoms with E-state index in [1.807, 2.05) is 60.7 Å². The van der Waals surface area contributed by atoms with Gasteiger partial charge in [0.05, 0.1) is 6.04 Å². The van der Waals surface area contributed by atoms with Crippen LogP contribution in [-0.2, 0) is 4.79 Å². The largest absolute Gasteiger partial charge is 0.327 e. The zero-order valence-electron chi connectivity index (χ0n) is 13.4. The molecule has 0 saturated heterocycles. The Morgan fingerprint density at radius 3 is 2.54 bits per heavy atom. The molecule has 1 aliphatic rings. The molecule has 0 aliphatic carbocycles. The van der Waals surface area contributed by atoms with Crippen molar-refractivity contribution in [3.05, 3.63) is 90.0 Å². The van der Waals surface area contributed by atoms with E-state index in [1.54, 1.807) is 17.1 Å². The predicted molar refractivity (Wildman–Crippen MR) is 95.5 cm³/mol. The molecule has 1 unspecified atom stereocenters. The fourth-order valence-corrected chi connectivity index (χ4v) is 3.03. The molecule has 1 amide bonds. The Kier molecular flexibility index (Phi) is 4.71. The molecular formula is C21H19NO2. The van der Waals surface area contributed by atoms with Gasteiger partial charge in [0.15, 0.2) is 5.78 Å². The minimum absolute atomic E-state index is 0.00224. The van der Waals surface area contributed by atoms with Crippen LogP contribution in [0.5, 0.6) is 0 Å². The van der Waals surface area contributed by atoms with Crippen molar-refractivity contribution < 1.29 is 9.59 Å². The lowest BCUT2D eigenvalue weighted by atomic mass is 10.00. The number of rotatable bonds is 6. The monoisotopic (exact) mass is 317 g/mol. The van der Waals surface area contributed by atoms with Crippen molar-refractivity contribution in [2.45, 2.75) is 12.5 Å². The van der Waals surface area contributed by atoms with Crippen molar-refractivity contribution in [1.29, 1.82) is 0 Å². The molecule has 0 fully saturated rings. The van der Waals surface area contributed by atoms with Crippen LogP contribution in [0.3, 0.4) is 0 Å². The maximum absolute atomic E-state index is 12.5. The molecule has 0 spiro atoms. The quantitative estimate of drug-likeness (QED) is 0.595. The number of benzene rings is 2. The summed E-state index contributed by atoms with van der Waals surface area (Å²) >= 11 is 0. The second kappa shape index (κ2) is 7.09. The van der Waals surface area contributed by atoms with E-state index in [9.17, 15) is 9.59 Å². The number of allylic oxidation sites excluding steroid dienone is 1. The summed E-state index contributed by atoms with van der Waals surface area (Å²) in [6.45, 7) is 4.16. The number of hydrogen-bond acceptors (Lipinski definition) is 2. The Balaban J connectivity index is 1.79. The van der Waals surface area contributed by atoms with E-state index in [0.29, 0.717) is 12.1 Å². The summed E-state index contributed by atoms with van der Waals surface area (Å²) in [4.78, 5) is 26.6. The molecule has 0 bridgehead atoms. The highest BCUT2D eigenvalue weighted by molar-refractivity contribution is 6.01. The van der Waals surface area contributed by atoms with E-state index in [4.69, 9.17) is 0 Å². The third-order valence-electron chi connectivity index (χ3n) is 4.17. The number of nitrogens with zero attached hydrogens (tertiary/aromatic N) is 1.